The number of anilines is 3. The lowest BCUT2D eigenvalue weighted by atomic mass is 9.95. The Kier molecular flexibility index (Phi) is 5.25. The lowest BCUT2D eigenvalue weighted by Crippen LogP contribution is -2.49. The zero-order valence-corrected chi connectivity index (χ0v) is 20.7. The van der Waals surface area contributed by atoms with E-state index in [2.05, 4.69) is 5.32 Å². The fraction of sp³-hybridized carbons (Fsp3) is 0.286. The van der Waals surface area contributed by atoms with Crippen LogP contribution in [-0.4, -0.2) is 48.9 Å². The zero-order valence-electron chi connectivity index (χ0n) is 20.7. The summed E-state index contributed by atoms with van der Waals surface area (Å²) in [6.45, 7) is 1.80. The van der Waals surface area contributed by atoms with E-state index < -0.39 is 12.1 Å². The number of hydrogen-bond acceptors (Lipinski definition) is 5. The molecular formula is C28H26FN5O3. The van der Waals surface area contributed by atoms with E-state index in [4.69, 9.17) is 4.98 Å². The van der Waals surface area contributed by atoms with Crippen molar-refractivity contribution in [2.45, 2.75) is 37.9 Å². The first-order valence-electron chi connectivity index (χ1n) is 12.3. The number of likely N-dealkylation sites (N-methyl/N-ethyl adjacent to an activating group) is 2. The number of carbonyl (C=O) groups excluding carboxylic acids is 3. The van der Waals surface area contributed by atoms with Gasteiger partial charge in [0, 0.05) is 20.1 Å². The van der Waals surface area contributed by atoms with Gasteiger partial charge in [-0.2, -0.15) is 0 Å². The van der Waals surface area contributed by atoms with E-state index in [-0.39, 0.29) is 29.6 Å². The van der Waals surface area contributed by atoms with Crippen LogP contribution in [0.15, 0.2) is 54.6 Å². The molecule has 2 aromatic carbocycles. The minimum Gasteiger partial charge on any atom is -0.349 e. The van der Waals surface area contributed by atoms with Gasteiger partial charge in [-0.25, -0.2) is 9.37 Å². The normalized spacial score (nSPS) is 20.7. The molecule has 1 aromatic heterocycles. The van der Waals surface area contributed by atoms with Crippen LogP contribution < -0.4 is 20.0 Å². The summed E-state index contributed by atoms with van der Waals surface area (Å²) in [5.74, 6) is -0.115. The summed E-state index contributed by atoms with van der Waals surface area (Å²) in [6.07, 6.45) is 1.86. The first-order valence-corrected chi connectivity index (χ1v) is 12.3. The standard InChI is InChI=1S/C28H26FN5O3/c1-15-27(36)33(3)21-13-14-22(31-25(21)32(15)2)34-24(16-7-9-17(29)10-8-16)19-5-4-6-20(23(19)28(34)37)26(35)30-18-11-12-18/h4-10,13-15,18,24H,11-12H2,1-3H3,(H,30,35). The summed E-state index contributed by atoms with van der Waals surface area (Å²) in [5.41, 5.74) is 2.64. The number of aromatic nitrogens is 1. The second kappa shape index (κ2) is 8.40. The number of benzene rings is 2. The zero-order chi connectivity index (χ0) is 26.0. The molecule has 8 nitrogen and oxygen atoms in total. The van der Waals surface area contributed by atoms with Crippen LogP contribution in [0, 0.1) is 5.82 Å². The van der Waals surface area contributed by atoms with Gasteiger partial charge >= 0.3 is 0 Å². The van der Waals surface area contributed by atoms with Crippen LogP contribution in [0.25, 0.3) is 0 Å². The largest absolute Gasteiger partial charge is 0.349 e. The molecule has 0 spiro atoms. The molecule has 2 atom stereocenters. The van der Waals surface area contributed by atoms with Crippen molar-refractivity contribution in [3.05, 3.63) is 82.7 Å². The van der Waals surface area contributed by atoms with E-state index in [1.807, 2.05) is 6.07 Å². The summed E-state index contributed by atoms with van der Waals surface area (Å²) in [5, 5.41) is 2.98. The van der Waals surface area contributed by atoms with Crippen LogP contribution in [0.3, 0.4) is 0 Å². The molecular weight excluding hydrogens is 473 g/mol. The smallest absolute Gasteiger partial charge is 0.261 e. The number of fused-ring (bicyclic) bond motifs is 2. The summed E-state index contributed by atoms with van der Waals surface area (Å²) in [6, 6.07) is 13.9. The number of carbonyl (C=O) groups is 3. The van der Waals surface area contributed by atoms with Crippen LogP contribution in [0.2, 0.25) is 0 Å². The summed E-state index contributed by atoms with van der Waals surface area (Å²) in [4.78, 5) is 49.5. The van der Waals surface area contributed by atoms with E-state index >= 15 is 0 Å². The van der Waals surface area contributed by atoms with Gasteiger partial charge in [0.2, 0.25) is 5.91 Å². The Balaban J connectivity index is 1.50. The van der Waals surface area contributed by atoms with Gasteiger partial charge in [-0.1, -0.05) is 24.3 Å². The monoisotopic (exact) mass is 499 g/mol. The molecule has 2 unspecified atom stereocenters. The highest BCUT2D eigenvalue weighted by atomic mass is 19.1. The van der Waals surface area contributed by atoms with Gasteiger partial charge in [0.1, 0.15) is 17.7 Å². The van der Waals surface area contributed by atoms with Gasteiger partial charge in [0.15, 0.2) is 5.82 Å². The van der Waals surface area contributed by atoms with Crippen molar-refractivity contribution in [1.29, 1.82) is 0 Å². The average molecular weight is 500 g/mol. The number of amides is 3. The van der Waals surface area contributed by atoms with Gasteiger partial charge in [-0.15, -0.1) is 0 Å². The van der Waals surface area contributed by atoms with Crippen LogP contribution in [0.4, 0.5) is 21.7 Å². The maximum absolute atomic E-state index is 14.1. The molecule has 1 saturated carbocycles. The number of halogens is 1. The maximum atomic E-state index is 14.1. The summed E-state index contributed by atoms with van der Waals surface area (Å²) >= 11 is 0. The third-order valence-electron chi connectivity index (χ3n) is 7.48. The lowest BCUT2D eigenvalue weighted by Gasteiger charge is -2.37. The van der Waals surface area contributed by atoms with Crippen molar-refractivity contribution in [2.24, 2.45) is 0 Å². The first-order chi connectivity index (χ1) is 17.8. The van der Waals surface area contributed by atoms with Crippen LogP contribution in [-0.2, 0) is 4.79 Å². The lowest BCUT2D eigenvalue weighted by molar-refractivity contribution is -0.119. The molecule has 37 heavy (non-hydrogen) atoms. The highest BCUT2D eigenvalue weighted by molar-refractivity contribution is 6.17. The molecule has 3 aromatic rings. The van der Waals surface area contributed by atoms with Gasteiger partial charge in [-0.05, 0) is 61.2 Å². The van der Waals surface area contributed by atoms with Gasteiger partial charge in [0.05, 0.1) is 22.9 Å². The van der Waals surface area contributed by atoms with Crippen molar-refractivity contribution >= 4 is 35.0 Å². The number of pyridine rings is 1. The van der Waals surface area contributed by atoms with E-state index in [0.29, 0.717) is 39.6 Å². The third-order valence-corrected chi connectivity index (χ3v) is 7.48. The summed E-state index contributed by atoms with van der Waals surface area (Å²) in [7, 11) is 3.50. The van der Waals surface area contributed by atoms with E-state index in [1.54, 1.807) is 72.1 Å². The molecule has 3 heterocycles. The third kappa shape index (κ3) is 3.64. The number of nitrogens with zero attached hydrogens (tertiary/aromatic N) is 4. The number of hydrogen-bond donors (Lipinski definition) is 1. The summed E-state index contributed by atoms with van der Waals surface area (Å²) < 4.78 is 13.8. The van der Waals surface area contributed by atoms with Crippen LogP contribution in [0.5, 0.6) is 0 Å². The predicted molar refractivity (Wildman–Crippen MR) is 137 cm³/mol. The Bertz CT molecular complexity index is 1450. The van der Waals surface area contributed by atoms with E-state index in [0.717, 1.165) is 12.8 Å². The van der Waals surface area contributed by atoms with Crippen molar-refractivity contribution in [1.82, 2.24) is 10.3 Å². The van der Waals surface area contributed by atoms with Crippen molar-refractivity contribution in [3.8, 4) is 0 Å². The van der Waals surface area contributed by atoms with Crippen molar-refractivity contribution < 1.29 is 18.8 Å². The highest BCUT2D eigenvalue weighted by Gasteiger charge is 2.43. The molecule has 0 bridgehead atoms. The molecule has 3 amide bonds. The second-order valence-electron chi connectivity index (χ2n) is 9.84. The van der Waals surface area contributed by atoms with Gasteiger partial charge in [0.25, 0.3) is 11.8 Å². The average Bonchev–Trinajstić information content (AvgIpc) is 3.67. The Labute approximate surface area is 213 Å². The molecule has 3 aliphatic rings. The molecule has 0 saturated heterocycles. The van der Waals surface area contributed by atoms with Gasteiger partial charge in [-0.3, -0.25) is 19.3 Å². The molecule has 188 valence electrons. The fourth-order valence-electron chi connectivity index (χ4n) is 5.14. The minimum atomic E-state index is -0.604. The Morgan fingerprint density at radius 2 is 1.76 bits per heavy atom. The van der Waals surface area contributed by atoms with E-state index in [1.165, 1.54) is 12.1 Å². The molecule has 1 fully saturated rings. The van der Waals surface area contributed by atoms with Crippen molar-refractivity contribution in [2.75, 3.05) is 28.8 Å². The SMILES string of the molecule is CC1C(=O)N(C)c2ccc(N3C(=O)c4c(C(=O)NC5CC5)cccc4C3c3ccc(F)cc3)nc2N1C. The Hall–Kier alpha value is -4.27. The van der Waals surface area contributed by atoms with Gasteiger partial charge < -0.3 is 15.1 Å². The molecule has 6 rings (SSSR count). The minimum absolute atomic E-state index is 0.0512. The van der Waals surface area contributed by atoms with Crippen LogP contribution in [0.1, 0.15) is 57.7 Å². The second-order valence-corrected chi connectivity index (χ2v) is 9.84. The molecule has 1 N–H and O–H groups in total. The quantitative estimate of drug-likeness (QED) is 0.592. The number of nitrogens with one attached hydrogen (secondary N) is 1. The topological polar surface area (TPSA) is 85.8 Å². The van der Waals surface area contributed by atoms with Crippen molar-refractivity contribution in [3.63, 3.8) is 0 Å². The molecule has 2 aliphatic heterocycles. The Morgan fingerprint density at radius 3 is 2.46 bits per heavy atom. The maximum Gasteiger partial charge on any atom is 0.261 e. The predicted octanol–water partition coefficient (Wildman–Crippen LogP) is 3.66. The molecule has 9 heteroatoms. The van der Waals surface area contributed by atoms with Crippen LogP contribution >= 0.6 is 0 Å². The first kappa shape index (κ1) is 23.1. The highest BCUT2D eigenvalue weighted by Crippen LogP contribution is 2.44. The fourth-order valence-corrected chi connectivity index (χ4v) is 5.14. The van der Waals surface area contributed by atoms with E-state index in [9.17, 15) is 18.8 Å². The number of rotatable bonds is 4. The Morgan fingerprint density at radius 1 is 1.03 bits per heavy atom. The molecule has 0 radical (unpaired) electrons. The molecule has 1 aliphatic carbocycles.